The number of sulfonamides is 1. The first-order valence-electron chi connectivity index (χ1n) is 7.43. The third-order valence-corrected chi connectivity index (χ3v) is 5.20. The summed E-state index contributed by atoms with van der Waals surface area (Å²) >= 11 is 1.14. The molecular weight excluding hydrogens is 390 g/mol. The van der Waals surface area contributed by atoms with E-state index >= 15 is 0 Å². The van der Waals surface area contributed by atoms with E-state index in [1.54, 1.807) is 11.4 Å². The Labute approximate surface area is 158 Å². The quantitative estimate of drug-likeness (QED) is 0.591. The van der Waals surface area contributed by atoms with Gasteiger partial charge in [0.1, 0.15) is 10.6 Å². The predicted octanol–water partition coefficient (Wildman–Crippen LogP) is 1.69. The largest absolute Gasteiger partial charge is 0.321 e. The summed E-state index contributed by atoms with van der Waals surface area (Å²) in [6.45, 7) is 0. The Balaban J connectivity index is 1.73. The van der Waals surface area contributed by atoms with Crippen molar-refractivity contribution in [2.45, 2.75) is 4.90 Å². The van der Waals surface area contributed by atoms with Gasteiger partial charge in [-0.2, -0.15) is 0 Å². The summed E-state index contributed by atoms with van der Waals surface area (Å²) in [6, 6.07) is 7.01. The molecule has 2 heterocycles. The number of rotatable bonds is 5. The summed E-state index contributed by atoms with van der Waals surface area (Å²) in [5, 5.41) is 11.9. The molecule has 0 unspecified atom stereocenters. The van der Waals surface area contributed by atoms with E-state index in [9.17, 15) is 18.0 Å². The lowest BCUT2D eigenvalue weighted by Crippen LogP contribution is -2.17. The molecule has 1 aromatic carbocycles. The SMILES string of the molecule is NS(=O)(=O)c1ccc(NC(=O)c2sccc2NC(=O)c2cnccn2)cc1. The number of carbonyl (C=O) groups is 2. The Morgan fingerprint density at radius 1 is 1.00 bits per heavy atom. The Kier molecular flexibility index (Phi) is 5.26. The highest BCUT2D eigenvalue weighted by molar-refractivity contribution is 7.89. The van der Waals surface area contributed by atoms with Crippen LogP contribution < -0.4 is 15.8 Å². The van der Waals surface area contributed by atoms with E-state index in [0.29, 0.717) is 11.4 Å². The maximum Gasteiger partial charge on any atom is 0.275 e. The number of benzene rings is 1. The highest BCUT2D eigenvalue weighted by Gasteiger charge is 2.17. The Morgan fingerprint density at radius 2 is 1.74 bits per heavy atom. The van der Waals surface area contributed by atoms with Crippen molar-refractivity contribution in [1.82, 2.24) is 9.97 Å². The number of nitrogens with zero attached hydrogens (tertiary/aromatic N) is 2. The number of hydrogen-bond donors (Lipinski definition) is 3. The van der Waals surface area contributed by atoms with E-state index in [1.807, 2.05) is 0 Å². The van der Waals surface area contributed by atoms with Gasteiger partial charge in [-0.15, -0.1) is 11.3 Å². The number of aromatic nitrogens is 2. The molecule has 0 saturated carbocycles. The van der Waals surface area contributed by atoms with Gasteiger partial charge in [0.15, 0.2) is 0 Å². The summed E-state index contributed by atoms with van der Waals surface area (Å²) in [4.78, 5) is 32.6. The first-order valence-corrected chi connectivity index (χ1v) is 9.86. The van der Waals surface area contributed by atoms with Crippen LogP contribution in [0.5, 0.6) is 0 Å². The molecule has 3 rings (SSSR count). The van der Waals surface area contributed by atoms with Gasteiger partial charge >= 0.3 is 0 Å². The number of nitrogens with one attached hydrogen (secondary N) is 2. The van der Waals surface area contributed by atoms with Crippen molar-refractivity contribution in [2.75, 3.05) is 10.6 Å². The molecule has 0 aliphatic rings. The van der Waals surface area contributed by atoms with Gasteiger partial charge in [0.25, 0.3) is 11.8 Å². The summed E-state index contributed by atoms with van der Waals surface area (Å²) in [6.07, 6.45) is 4.15. The van der Waals surface area contributed by atoms with E-state index < -0.39 is 21.8 Å². The monoisotopic (exact) mass is 403 g/mol. The molecule has 11 heteroatoms. The molecule has 27 heavy (non-hydrogen) atoms. The van der Waals surface area contributed by atoms with E-state index in [2.05, 4.69) is 20.6 Å². The molecule has 2 amide bonds. The Bertz CT molecular complexity index is 1080. The summed E-state index contributed by atoms with van der Waals surface area (Å²) in [5.41, 5.74) is 0.829. The average molecular weight is 403 g/mol. The summed E-state index contributed by atoms with van der Waals surface area (Å²) < 4.78 is 22.5. The zero-order valence-corrected chi connectivity index (χ0v) is 15.3. The fraction of sp³-hybridized carbons (Fsp3) is 0. The third kappa shape index (κ3) is 4.53. The molecule has 138 valence electrons. The second-order valence-corrected chi connectivity index (χ2v) is 7.71. The number of anilines is 2. The fourth-order valence-corrected chi connectivity index (χ4v) is 3.36. The minimum atomic E-state index is -3.81. The van der Waals surface area contributed by atoms with E-state index in [0.717, 1.165) is 11.3 Å². The van der Waals surface area contributed by atoms with E-state index in [4.69, 9.17) is 5.14 Å². The minimum Gasteiger partial charge on any atom is -0.321 e. The zero-order chi connectivity index (χ0) is 19.4. The van der Waals surface area contributed by atoms with Gasteiger partial charge in [-0.25, -0.2) is 18.5 Å². The lowest BCUT2D eigenvalue weighted by molar-refractivity contribution is 0.102. The zero-order valence-electron chi connectivity index (χ0n) is 13.6. The van der Waals surface area contributed by atoms with Crippen LogP contribution in [0.15, 0.2) is 59.2 Å². The molecule has 0 fully saturated rings. The van der Waals surface area contributed by atoms with Crippen LogP contribution in [-0.4, -0.2) is 30.2 Å². The topological polar surface area (TPSA) is 144 Å². The molecule has 0 spiro atoms. The number of thiophene rings is 1. The highest BCUT2D eigenvalue weighted by Crippen LogP contribution is 2.24. The van der Waals surface area contributed by atoms with Crippen molar-refractivity contribution in [3.63, 3.8) is 0 Å². The van der Waals surface area contributed by atoms with E-state index in [-0.39, 0.29) is 15.5 Å². The van der Waals surface area contributed by atoms with Crippen molar-refractivity contribution in [3.05, 3.63) is 64.9 Å². The lowest BCUT2D eigenvalue weighted by Gasteiger charge is -2.08. The summed E-state index contributed by atoms with van der Waals surface area (Å²) in [5.74, 6) is -0.948. The first-order chi connectivity index (χ1) is 12.8. The number of nitrogens with two attached hydrogens (primary N) is 1. The molecule has 9 nitrogen and oxygen atoms in total. The van der Waals surface area contributed by atoms with Gasteiger partial charge in [0.05, 0.1) is 16.8 Å². The standard InChI is InChI=1S/C16H13N5O4S2/c17-27(24,25)11-3-1-10(2-4-11)20-16(23)14-12(5-8-26-14)21-15(22)13-9-18-6-7-19-13/h1-9H,(H,20,23)(H,21,22)(H2,17,24,25). The summed E-state index contributed by atoms with van der Waals surface area (Å²) in [7, 11) is -3.81. The van der Waals surface area contributed by atoms with Crippen LogP contribution in [0.3, 0.4) is 0 Å². The molecule has 4 N–H and O–H groups in total. The van der Waals surface area contributed by atoms with Crippen LogP contribution in [-0.2, 0) is 10.0 Å². The second kappa shape index (κ2) is 7.61. The predicted molar refractivity (Wildman–Crippen MR) is 100 cm³/mol. The maximum absolute atomic E-state index is 12.5. The maximum atomic E-state index is 12.5. The van der Waals surface area contributed by atoms with Crippen LogP contribution in [0.4, 0.5) is 11.4 Å². The van der Waals surface area contributed by atoms with Crippen LogP contribution in [0.2, 0.25) is 0 Å². The van der Waals surface area contributed by atoms with Crippen molar-refractivity contribution in [3.8, 4) is 0 Å². The average Bonchev–Trinajstić information content (AvgIpc) is 3.10. The number of hydrogen-bond acceptors (Lipinski definition) is 7. The van der Waals surface area contributed by atoms with Gasteiger partial charge in [-0.1, -0.05) is 0 Å². The number of carbonyl (C=O) groups excluding carboxylic acids is 2. The van der Waals surface area contributed by atoms with E-state index in [1.165, 1.54) is 42.9 Å². The number of amides is 2. The molecule has 2 aromatic heterocycles. The third-order valence-electron chi connectivity index (χ3n) is 3.36. The second-order valence-electron chi connectivity index (χ2n) is 5.23. The molecule has 0 aliphatic carbocycles. The highest BCUT2D eigenvalue weighted by atomic mass is 32.2. The molecule has 0 radical (unpaired) electrons. The first kappa shape index (κ1) is 18.6. The van der Waals surface area contributed by atoms with Crippen molar-refractivity contribution >= 4 is 44.5 Å². The Morgan fingerprint density at radius 3 is 2.37 bits per heavy atom. The van der Waals surface area contributed by atoms with Crippen molar-refractivity contribution in [2.24, 2.45) is 5.14 Å². The smallest absolute Gasteiger partial charge is 0.275 e. The van der Waals surface area contributed by atoms with Gasteiger partial charge in [0.2, 0.25) is 10.0 Å². The molecule has 0 bridgehead atoms. The minimum absolute atomic E-state index is 0.0615. The fourth-order valence-electron chi connectivity index (χ4n) is 2.10. The van der Waals surface area contributed by atoms with Crippen LogP contribution >= 0.6 is 11.3 Å². The van der Waals surface area contributed by atoms with Crippen LogP contribution in [0.25, 0.3) is 0 Å². The van der Waals surface area contributed by atoms with Gasteiger partial charge < -0.3 is 10.6 Å². The van der Waals surface area contributed by atoms with Crippen molar-refractivity contribution < 1.29 is 18.0 Å². The molecule has 0 saturated heterocycles. The molecular formula is C16H13N5O4S2. The lowest BCUT2D eigenvalue weighted by atomic mass is 10.3. The molecule has 0 aliphatic heterocycles. The molecule has 3 aromatic rings. The van der Waals surface area contributed by atoms with Gasteiger partial charge in [0, 0.05) is 18.1 Å². The van der Waals surface area contributed by atoms with Gasteiger partial charge in [-0.3, -0.25) is 14.6 Å². The molecule has 0 atom stereocenters. The number of primary sulfonamides is 1. The Hall–Kier alpha value is -3.15. The van der Waals surface area contributed by atoms with Crippen molar-refractivity contribution in [1.29, 1.82) is 0 Å². The van der Waals surface area contributed by atoms with Crippen LogP contribution in [0, 0.1) is 0 Å². The van der Waals surface area contributed by atoms with Gasteiger partial charge in [-0.05, 0) is 35.7 Å². The van der Waals surface area contributed by atoms with Crippen LogP contribution in [0.1, 0.15) is 20.2 Å². The normalized spacial score (nSPS) is 11.0.